The smallest absolute Gasteiger partial charge is 0.277 e. The highest BCUT2D eigenvalue weighted by Gasteiger charge is 2.11. The Morgan fingerprint density at radius 2 is 1.86 bits per heavy atom. The Morgan fingerprint density at radius 3 is 2.61 bits per heavy atom. The van der Waals surface area contributed by atoms with Crippen molar-refractivity contribution in [1.29, 1.82) is 0 Å². The van der Waals surface area contributed by atoms with Gasteiger partial charge in [0.2, 0.25) is 5.91 Å². The maximum Gasteiger partial charge on any atom is 0.277 e. The number of thioether (sulfide) groups is 1. The van der Waals surface area contributed by atoms with Crippen molar-refractivity contribution in [2.75, 3.05) is 18.2 Å². The SMILES string of the molecule is COc1ccc(OCc2nnc(SCC(=O)Nc3cc(C)ccc3C)o2)cc1. The second kappa shape index (κ2) is 9.27. The molecule has 3 rings (SSSR count). The van der Waals surface area contributed by atoms with Crippen molar-refractivity contribution < 1.29 is 18.7 Å². The molecule has 146 valence electrons. The summed E-state index contributed by atoms with van der Waals surface area (Å²) < 4.78 is 16.2. The van der Waals surface area contributed by atoms with Crippen LogP contribution in [0, 0.1) is 13.8 Å². The van der Waals surface area contributed by atoms with Crippen LogP contribution in [0.15, 0.2) is 52.1 Å². The maximum atomic E-state index is 12.2. The molecule has 0 atom stereocenters. The molecule has 0 aliphatic heterocycles. The number of methoxy groups -OCH3 is 1. The molecule has 0 radical (unpaired) electrons. The first-order valence-electron chi connectivity index (χ1n) is 8.62. The van der Waals surface area contributed by atoms with Gasteiger partial charge >= 0.3 is 0 Å². The first kappa shape index (κ1) is 19.8. The Labute approximate surface area is 167 Å². The number of amides is 1. The van der Waals surface area contributed by atoms with Crippen LogP contribution in [-0.2, 0) is 11.4 Å². The second-order valence-electron chi connectivity index (χ2n) is 6.08. The minimum absolute atomic E-state index is 0.132. The van der Waals surface area contributed by atoms with Crippen molar-refractivity contribution in [2.24, 2.45) is 0 Å². The highest BCUT2D eigenvalue weighted by molar-refractivity contribution is 7.99. The summed E-state index contributed by atoms with van der Waals surface area (Å²) in [4.78, 5) is 12.2. The molecule has 0 fully saturated rings. The third kappa shape index (κ3) is 5.50. The molecule has 0 bridgehead atoms. The molecule has 0 saturated carbocycles. The van der Waals surface area contributed by atoms with E-state index < -0.39 is 0 Å². The van der Waals surface area contributed by atoms with Gasteiger partial charge in [-0.1, -0.05) is 23.9 Å². The molecule has 0 unspecified atom stereocenters. The van der Waals surface area contributed by atoms with Crippen LogP contribution in [0.2, 0.25) is 0 Å². The minimum Gasteiger partial charge on any atom is -0.497 e. The predicted octanol–water partition coefficient (Wildman–Crippen LogP) is 4.00. The molecule has 2 aromatic carbocycles. The number of carbonyl (C=O) groups excluding carboxylic acids is 1. The van der Waals surface area contributed by atoms with E-state index in [4.69, 9.17) is 13.9 Å². The molecule has 1 N–H and O–H groups in total. The molecule has 7 nitrogen and oxygen atoms in total. The molecule has 3 aromatic rings. The Morgan fingerprint density at radius 1 is 1.11 bits per heavy atom. The molecule has 28 heavy (non-hydrogen) atoms. The number of carbonyl (C=O) groups is 1. The maximum absolute atomic E-state index is 12.2. The van der Waals surface area contributed by atoms with Gasteiger partial charge in [0.1, 0.15) is 11.5 Å². The van der Waals surface area contributed by atoms with Gasteiger partial charge in [-0.05, 0) is 55.3 Å². The van der Waals surface area contributed by atoms with E-state index in [-0.39, 0.29) is 18.3 Å². The summed E-state index contributed by atoms with van der Waals surface area (Å²) in [6.07, 6.45) is 0. The van der Waals surface area contributed by atoms with Gasteiger partial charge in [0, 0.05) is 5.69 Å². The number of ether oxygens (including phenoxy) is 2. The summed E-state index contributed by atoms with van der Waals surface area (Å²) in [5, 5.41) is 11.1. The molecule has 1 aromatic heterocycles. The van der Waals surface area contributed by atoms with Crippen LogP contribution in [0.5, 0.6) is 11.5 Å². The van der Waals surface area contributed by atoms with Crippen molar-refractivity contribution in [3.05, 3.63) is 59.5 Å². The first-order chi connectivity index (χ1) is 13.5. The van der Waals surface area contributed by atoms with Gasteiger partial charge in [0.05, 0.1) is 12.9 Å². The predicted molar refractivity (Wildman–Crippen MR) is 107 cm³/mol. The third-order valence-electron chi connectivity index (χ3n) is 3.86. The van der Waals surface area contributed by atoms with Gasteiger partial charge in [0.15, 0.2) is 6.61 Å². The molecule has 8 heteroatoms. The Hall–Kier alpha value is -3.00. The second-order valence-corrected chi connectivity index (χ2v) is 7.01. The molecule has 0 aliphatic carbocycles. The van der Waals surface area contributed by atoms with Crippen molar-refractivity contribution in [3.8, 4) is 11.5 Å². The Balaban J connectivity index is 1.47. The Bertz CT molecular complexity index is 941. The van der Waals surface area contributed by atoms with Gasteiger partial charge in [-0.25, -0.2) is 0 Å². The van der Waals surface area contributed by atoms with E-state index >= 15 is 0 Å². The third-order valence-corrected chi connectivity index (χ3v) is 4.68. The van der Waals surface area contributed by atoms with Crippen LogP contribution < -0.4 is 14.8 Å². The number of nitrogens with one attached hydrogen (secondary N) is 1. The average molecular weight is 399 g/mol. The summed E-state index contributed by atoms with van der Waals surface area (Å²) >= 11 is 1.18. The van der Waals surface area contributed by atoms with Crippen molar-refractivity contribution in [1.82, 2.24) is 10.2 Å². The number of hydrogen-bond donors (Lipinski definition) is 1. The molecule has 0 aliphatic rings. The topological polar surface area (TPSA) is 86.5 Å². The van der Waals surface area contributed by atoms with E-state index in [0.717, 1.165) is 22.6 Å². The van der Waals surface area contributed by atoms with Gasteiger partial charge in [-0.2, -0.15) is 0 Å². The van der Waals surface area contributed by atoms with E-state index in [9.17, 15) is 4.79 Å². The lowest BCUT2D eigenvalue weighted by atomic mass is 10.1. The van der Waals surface area contributed by atoms with Crippen molar-refractivity contribution in [2.45, 2.75) is 25.7 Å². The largest absolute Gasteiger partial charge is 0.497 e. The lowest BCUT2D eigenvalue weighted by molar-refractivity contribution is -0.113. The van der Waals surface area contributed by atoms with Gasteiger partial charge < -0.3 is 19.2 Å². The van der Waals surface area contributed by atoms with Crippen LogP contribution in [0.25, 0.3) is 0 Å². The molecular formula is C20H21N3O4S. The number of anilines is 1. The number of nitrogens with zero attached hydrogens (tertiary/aromatic N) is 2. The molecular weight excluding hydrogens is 378 g/mol. The van der Waals surface area contributed by atoms with Crippen molar-refractivity contribution >= 4 is 23.4 Å². The molecule has 0 spiro atoms. The zero-order valence-corrected chi connectivity index (χ0v) is 16.7. The standard InChI is InChI=1S/C20H21N3O4S/c1-13-4-5-14(2)17(10-13)21-18(24)12-28-20-23-22-19(27-20)11-26-16-8-6-15(25-3)7-9-16/h4-10H,11-12H2,1-3H3,(H,21,24). The van der Waals surface area contributed by atoms with E-state index in [1.807, 2.05) is 32.0 Å². The van der Waals surface area contributed by atoms with E-state index in [2.05, 4.69) is 15.5 Å². The summed E-state index contributed by atoms with van der Waals surface area (Å²) in [7, 11) is 1.61. The van der Waals surface area contributed by atoms with Gasteiger partial charge in [0.25, 0.3) is 11.1 Å². The van der Waals surface area contributed by atoms with Crippen LogP contribution in [-0.4, -0.2) is 29.0 Å². The van der Waals surface area contributed by atoms with E-state index in [1.165, 1.54) is 11.8 Å². The van der Waals surface area contributed by atoms with Crippen LogP contribution >= 0.6 is 11.8 Å². The lowest BCUT2D eigenvalue weighted by Crippen LogP contribution is -2.14. The quantitative estimate of drug-likeness (QED) is 0.573. The summed E-state index contributed by atoms with van der Waals surface area (Å²) in [6.45, 7) is 4.09. The fraction of sp³-hybridized carbons (Fsp3) is 0.250. The highest BCUT2D eigenvalue weighted by Crippen LogP contribution is 2.21. The van der Waals surface area contributed by atoms with Gasteiger partial charge in [-0.3, -0.25) is 4.79 Å². The van der Waals surface area contributed by atoms with Crippen LogP contribution in [0.4, 0.5) is 5.69 Å². The molecule has 0 saturated heterocycles. The van der Waals surface area contributed by atoms with Gasteiger partial charge in [-0.15, -0.1) is 10.2 Å². The monoisotopic (exact) mass is 399 g/mol. The average Bonchev–Trinajstić information content (AvgIpc) is 3.16. The van der Waals surface area contributed by atoms with Crippen LogP contribution in [0.1, 0.15) is 17.0 Å². The number of aryl methyl sites for hydroxylation is 2. The normalized spacial score (nSPS) is 10.5. The number of aromatic nitrogens is 2. The number of hydrogen-bond acceptors (Lipinski definition) is 7. The van der Waals surface area contributed by atoms with Crippen molar-refractivity contribution in [3.63, 3.8) is 0 Å². The molecule has 1 amide bonds. The highest BCUT2D eigenvalue weighted by atomic mass is 32.2. The van der Waals surface area contributed by atoms with E-state index in [0.29, 0.717) is 16.9 Å². The Kier molecular flexibility index (Phi) is 6.54. The fourth-order valence-electron chi connectivity index (χ4n) is 2.36. The van der Waals surface area contributed by atoms with E-state index in [1.54, 1.807) is 31.4 Å². The zero-order chi connectivity index (χ0) is 19.9. The summed E-state index contributed by atoms with van der Waals surface area (Å²) in [5.41, 5.74) is 2.91. The lowest BCUT2D eigenvalue weighted by Gasteiger charge is -2.08. The zero-order valence-electron chi connectivity index (χ0n) is 15.9. The summed E-state index contributed by atoms with van der Waals surface area (Å²) in [5.74, 6) is 1.80. The fourth-order valence-corrected chi connectivity index (χ4v) is 2.94. The summed E-state index contributed by atoms with van der Waals surface area (Å²) in [6, 6.07) is 13.1. The minimum atomic E-state index is -0.132. The number of benzene rings is 2. The van der Waals surface area contributed by atoms with Crippen LogP contribution in [0.3, 0.4) is 0 Å². The number of rotatable bonds is 8. The first-order valence-corrected chi connectivity index (χ1v) is 9.61. The molecule has 1 heterocycles.